The van der Waals surface area contributed by atoms with Crippen molar-refractivity contribution in [1.82, 2.24) is 5.32 Å². The highest BCUT2D eigenvalue weighted by Gasteiger charge is 2.14. The molecule has 0 radical (unpaired) electrons. The average Bonchev–Trinajstić information content (AvgIpc) is 2.79. The van der Waals surface area contributed by atoms with E-state index < -0.39 is 11.6 Å². The zero-order valence-corrected chi connectivity index (χ0v) is 12.2. The highest BCUT2D eigenvalue weighted by Crippen LogP contribution is 2.26. The molecule has 1 aromatic heterocycles. The summed E-state index contributed by atoms with van der Waals surface area (Å²) in [5.74, 6) is -1.65. The van der Waals surface area contributed by atoms with Gasteiger partial charge in [0.1, 0.15) is 0 Å². The van der Waals surface area contributed by atoms with Crippen molar-refractivity contribution in [3.05, 3.63) is 56.7 Å². The Kier molecular flexibility index (Phi) is 4.55. The Bertz CT molecular complexity index is 570. The maximum Gasteiger partial charge on any atom is 0.159 e. The predicted octanol–water partition coefficient (Wildman–Crippen LogP) is 5.09. The van der Waals surface area contributed by atoms with Crippen molar-refractivity contribution in [2.45, 2.75) is 25.9 Å². The molecule has 0 aliphatic carbocycles. The fourth-order valence-corrected chi connectivity index (χ4v) is 2.88. The molecule has 1 nitrogen and oxygen atoms in total. The Labute approximate surface area is 120 Å². The molecular formula is C14H14ClF2NS. The summed E-state index contributed by atoms with van der Waals surface area (Å²) in [5, 5.41) is 5.32. The molecular weight excluding hydrogens is 288 g/mol. The summed E-state index contributed by atoms with van der Waals surface area (Å²) in [5.41, 5.74) is 1.80. The van der Waals surface area contributed by atoms with Crippen LogP contribution in [0.2, 0.25) is 4.34 Å². The van der Waals surface area contributed by atoms with Crippen molar-refractivity contribution in [3.63, 3.8) is 0 Å². The molecule has 0 aliphatic heterocycles. The molecule has 0 amide bonds. The molecule has 2 unspecified atom stereocenters. The number of benzene rings is 1. The fourth-order valence-electron chi connectivity index (χ4n) is 1.90. The topological polar surface area (TPSA) is 12.0 Å². The van der Waals surface area contributed by atoms with Crippen LogP contribution in [0.3, 0.4) is 0 Å². The van der Waals surface area contributed by atoms with Gasteiger partial charge in [0.2, 0.25) is 0 Å². The van der Waals surface area contributed by atoms with E-state index in [4.69, 9.17) is 11.6 Å². The molecule has 19 heavy (non-hydrogen) atoms. The minimum atomic E-state index is -0.825. The smallest absolute Gasteiger partial charge is 0.159 e. The SMILES string of the molecule is CC(NC(C)c1ccc(F)c(F)c1)c1csc(Cl)c1. The Hall–Kier alpha value is -0.970. The van der Waals surface area contributed by atoms with Crippen molar-refractivity contribution in [2.75, 3.05) is 0 Å². The zero-order chi connectivity index (χ0) is 14.0. The van der Waals surface area contributed by atoms with Gasteiger partial charge in [0, 0.05) is 12.1 Å². The average molecular weight is 302 g/mol. The summed E-state index contributed by atoms with van der Waals surface area (Å²) < 4.78 is 26.8. The molecule has 0 bridgehead atoms. The first-order valence-corrected chi connectivity index (χ1v) is 7.18. The number of nitrogens with one attached hydrogen (secondary N) is 1. The van der Waals surface area contributed by atoms with Gasteiger partial charge in [-0.3, -0.25) is 0 Å². The van der Waals surface area contributed by atoms with E-state index in [1.54, 1.807) is 6.07 Å². The Morgan fingerprint density at radius 2 is 1.74 bits per heavy atom. The Morgan fingerprint density at radius 3 is 2.32 bits per heavy atom. The quantitative estimate of drug-likeness (QED) is 0.829. The van der Waals surface area contributed by atoms with E-state index in [1.807, 2.05) is 25.3 Å². The molecule has 0 aliphatic rings. The molecule has 0 saturated carbocycles. The van der Waals surface area contributed by atoms with E-state index in [0.717, 1.165) is 16.0 Å². The van der Waals surface area contributed by atoms with Gasteiger partial charge in [0.05, 0.1) is 4.34 Å². The van der Waals surface area contributed by atoms with Gasteiger partial charge in [0.25, 0.3) is 0 Å². The standard InChI is InChI=1S/C14H14ClF2NS/c1-8(10-3-4-12(16)13(17)5-10)18-9(2)11-6-14(15)19-7-11/h3-9,18H,1-2H3. The fraction of sp³-hybridized carbons (Fsp3) is 0.286. The normalized spacial score (nSPS) is 14.4. The molecule has 0 fully saturated rings. The van der Waals surface area contributed by atoms with Gasteiger partial charge >= 0.3 is 0 Å². The first kappa shape index (κ1) is 14.4. The number of hydrogen-bond donors (Lipinski definition) is 1. The minimum absolute atomic E-state index is 0.0798. The van der Waals surface area contributed by atoms with Crippen LogP contribution >= 0.6 is 22.9 Å². The van der Waals surface area contributed by atoms with Gasteiger partial charge in [-0.2, -0.15) is 0 Å². The van der Waals surface area contributed by atoms with Gasteiger partial charge in [0.15, 0.2) is 11.6 Å². The van der Waals surface area contributed by atoms with Crippen molar-refractivity contribution in [3.8, 4) is 0 Å². The molecule has 1 aromatic carbocycles. The number of halogens is 3. The summed E-state index contributed by atoms with van der Waals surface area (Å²) in [7, 11) is 0. The van der Waals surface area contributed by atoms with Crippen molar-refractivity contribution < 1.29 is 8.78 Å². The Balaban J connectivity index is 2.07. The lowest BCUT2D eigenvalue weighted by Gasteiger charge is -2.20. The molecule has 0 saturated heterocycles. The lowest BCUT2D eigenvalue weighted by Crippen LogP contribution is -2.22. The van der Waals surface area contributed by atoms with E-state index >= 15 is 0 Å². The van der Waals surface area contributed by atoms with Crippen LogP contribution in [0, 0.1) is 11.6 Å². The second kappa shape index (κ2) is 5.99. The highest BCUT2D eigenvalue weighted by atomic mass is 35.5. The van der Waals surface area contributed by atoms with Gasteiger partial charge in [-0.25, -0.2) is 8.78 Å². The van der Waals surface area contributed by atoms with Gasteiger partial charge in [-0.05, 0) is 48.6 Å². The van der Waals surface area contributed by atoms with Crippen LogP contribution in [0.5, 0.6) is 0 Å². The lowest BCUT2D eigenvalue weighted by atomic mass is 10.1. The second-order valence-corrected chi connectivity index (χ2v) is 6.01. The summed E-state index contributed by atoms with van der Waals surface area (Å²) in [4.78, 5) is 0. The van der Waals surface area contributed by atoms with Crippen LogP contribution in [0.4, 0.5) is 8.78 Å². The van der Waals surface area contributed by atoms with Crippen LogP contribution in [-0.2, 0) is 0 Å². The van der Waals surface area contributed by atoms with Crippen LogP contribution in [0.1, 0.15) is 37.1 Å². The molecule has 2 rings (SSSR count). The summed E-state index contributed by atoms with van der Waals surface area (Å²) in [6.45, 7) is 3.92. The maximum absolute atomic E-state index is 13.2. The first-order chi connectivity index (χ1) is 8.97. The monoisotopic (exact) mass is 301 g/mol. The van der Waals surface area contributed by atoms with E-state index in [0.29, 0.717) is 5.56 Å². The van der Waals surface area contributed by atoms with Crippen molar-refractivity contribution in [2.24, 2.45) is 0 Å². The third kappa shape index (κ3) is 3.53. The zero-order valence-electron chi connectivity index (χ0n) is 10.6. The molecule has 0 spiro atoms. The second-order valence-electron chi connectivity index (χ2n) is 4.47. The van der Waals surface area contributed by atoms with Crippen molar-refractivity contribution in [1.29, 1.82) is 0 Å². The Morgan fingerprint density at radius 1 is 1.05 bits per heavy atom. The summed E-state index contributed by atoms with van der Waals surface area (Å²) >= 11 is 7.37. The predicted molar refractivity (Wildman–Crippen MR) is 75.7 cm³/mol. The molecule has 102 valence electrons. The molecule has 2 aromatic rings. The maximum atomic E-state index is 13.2. The largest absolute Gasteiger partial charge is 0.304 e. The third-order valence-electron chi connectivity index (χ3n) is 3.03. The molecule has 5 heteroatoms. The summed E-state index contributed by atoms with van der Waals surface area (Å²) in [6, 6.07) is 5.87. The number of rotatable bonds is 4. The van der Waals surface area contributed by atoms with Gasteiger partial charge < -0.3 is 5.32 Å². The lowest BCUT2D eigenvalue weighted by molar-refractivity contribution is 0.480. The van der Waals surface area contributed by atoms with Gasteiger partial charge in [-0.1, -0.05) is 17.7 Å². The van der Waals surface area contributed by atoms with Crippen LogP contribution in [0.25, 0.3) is 0 Å². The highest BCUT2D eigenvalue weighted by molar-refractivity contribution is 7.14. The molecule has 2 atom stereocenters. The molecule has 1 heterocycles. The first-order valence-electron chi connectivity index (χ1n) is 5.92. The van der Waals surface area contributed by atoms with E-state index in [9.17, 15) is 8.78 Å². The van der Waals surface area contributed by atoms with Crippen LogP contribution < -0.4 is 5.32 Å². The van der Waals surface area contributed by atoms with Crippen LogP contribution in [-0.4, -0.2) is 0 Å². The van der Waals surface area contributed by atoms with E-state index in [1.165, 1.54) is 17.4 Å². The van der Waals surface area contributed by atoms with E-state index in [-0.39, 0.29) is 12.1 Å². The third-order valence-corrected chi connectivity index (χ3v) is 4.14. The van der Waals surface area contributed by atoms with Crippen molar-refractivity contribution >= 4 is 22.9 Å². The summed E-state index contributed by atoms with van der Waals surface area (Å²) in [6.07, 6.45) is 0. The number of thiophene rings is 1. The van der Waals surface area contributed by atoms with Crippen LogP contribution in [0.15, 0.2) is 29.6 Å². The number of hydrogen-bond acceptors (Lipinski definition) is 2. The molecule has 1 N–H and O–H groups in total. The minimum Gasteiger partial charge on any atom is -0.304 e. The van der Waals surface area contributed by atoms with Gasteiger partial charge in [-0.15, -0.1) is 11.3 Å². The van der Waals surface area contributed by atoms with E-state index in [2.05, 4.69) is 5.32 Å².